The van der Waals surface area contributed by atoms with Crippen LogP contribution in [-0.4, -0.2) is 68.3 Å². The van der Waals surface area contributed by atoms with Crippen molar-refractivity contribution < 1.29 is 37.6 Å². The summed E-state index contributed by atoms with van der Waals surface area (Å²) >= 11 is 0. The zero-order valence-electron chi connectivity index (χ0n) is 37.5. The van der Waals surface area contributed by atoms with Gasteiger partial charge < -0.3 is 19.3 Å². The van der Waals surface area contributed by atoms with Crippen LogP contribution in [0.15, 0.2) is 24.3 Å². The second-order valence-corrected chi connectivity index (χ2v) is 17.7. The Balaban J connectivity index is 4.17. The van der Waals surface area contributed by atoms with Gasteiger partial charge in [-0.3, -0.25) is 18.6 Å². The first-order chi connectivity index (χ1) is 27.7. The Morgan fingerprint density at radius 3 is 1.32 bits per heavy atom. The van der Waals surface area contributed by atoms with Crippen molar-refractivity contribution in [3.8, 4) is 0 Å². The first kappa shape index (κ1) is 55.5. The molecule has 0 rings (SSSR count). The lowest BCUT2D eigenvalue weighted by atomic mass is 10.0. The minimum absolute atomic E-state index is 0.00718. The van der Waals surface area contributed by atoms with Crippen molar-refractivity contribution in [3.63, 3.8) is 0 Å². The standard InChI is InChI=1S/C47H90NO8P/c1-5-7-9-11-13-15-17-19-20-21-22-23-24-25-26-28-29-31-33-35-37-39-46(49)53-43-45(44-55-57(51,52)54-42-41-48(3)4)56-47(50)40-38-36-34-32-30-27-18-16-14-12-10-8-6-2/h16,18-20,45H,5-15,17,21-44H2,1-4H3,(H,51,52)/b18-16-,20-19-. The third-order valence-corrected chi connectivity index (χ3v) is 11.2. The van der Waals surface area contributed by atoms with E-state index in [1.807, 2.05) is 19.0 Å². The number of carbonyl (C=O) groups excluding carboxylic acids is 2. The van der Waals surface area contributed by atoms with Gasteiger partial charge in [-0.05, 0) is 78.3 Å². The van der Waals surface area contributed by atoms with E-state index < -0.39 is 26.5 Å². The van der Waals surface area contributed by atoms with Crippen LogP contribution in [0.2, 0.25) is 0 Å². The Bertz CT molecular complexity index is 1000. The molecule has 1 N–H and O–H groups in total. The van der Waals surface area contributed by atoms with Crippen LogP contribution in [0.25, 0.3) is 0 Å². The van der Waals surface area contributed by atoms with Crippen LogP contribution in [0.1, 0.15) is 219 Å². The van der Waals surface area contributed by atoms with Crippen molar-refractivity contribution in [1.29, 1.82) is 0 Å². The maximum absolute atomic E-state index is 12.6. The Kier molecular flexibility index (Phi) is 41.5. The zero-order valence-corrected chi connectivity index (χ0v) is 38.4. The monoisotopic (exact) mass is 828 g/mol. The molecule has 0 bridgehead atoms. The minimum atomic E-state index is -4.36. The Morgan fingerprint density at radius 2 is 0.895 bits per heavy atom. The van der Waals surface area contributed by atoms with Crippen molar-refractivity contribution in [2.45, 2.75) is 225 Å². The molecule has 0 aliphatic carbocycles. The van der Waals surface area contributed by atoms with Crippen LogP contribution in [0.4, 0.5) is 0 Å². The molecule has 0 aromatic carbocycles. The lowest BCUT2D eigenvalue weighted by Gasteiger charge is -2.20. The van der Waals surface area contributed by atoms with Gasteiger partial charge in [0.1, 0.15) is 6.61 Å². The highest BCUT2D eigenvalue weighted by Crippen LogP contribution is 2.43. The average molecular weight is 828 g/mol. The summed E-state index contributed by atoms with van der Waals surface area (Å²) in [4.78, 5) is 37.1. The minimum Gasteiger partial charge on any atom is -0.462 e. The third kappa shape index (κ3) is 43.9. The number of nitrogens with zero attached hydrogens (tertiary/aromatic N) is 1. The van der Waals surface area contributed by atoms with Crippen molar-refractivity contribution >= 4 is 19.8 Å². The summed E-state index contributed by atoms with van der Waals surface area (Å²) in [5.41, 5.74) is 0. The van der Waals surface area contributed by atoms with Gasteiger partial charge in [-0.15, -0.1) is 0 Å². The van der Waals surface area contributed by atoms with E-state index >= 15 is 0 Å². The van der Waals surface area contributed by atoms with E-state index in [-0.39, 0.29) is 32.0 Å². The number of phosphoric ester groups is 1. The molecule has 0 aliphatic heterocycles. The van der Waals surface area contributed by atoms with Gasteiger partial charge in [0, 0.05) is 19.4 Å². The van der Waals surface area contributed by atoms with E-state index in [0.717, 1.165) is 51.4 Å². The highest BCUT2D eigenvalue weighted by molar-refractivity contribution is 7.47. The summed E-state index contributed by atoms with van der Waals surface area (Å²) < 4.78 is 33.5. The number of unbranched alkanes of at least 4 members (excludes halogenated alkanes) is 26. The fourth-order valence-corrected chi connectivity index (χ4v) is 7.30. The molecule has 0 saturated carbocycles. The van der Waals surface area contributed by atoms with Crippen LogP contribution in [-0.2, 0) is 32.7 Å². The summed E-state index contributed by atoms with van der Waals surface area (Å²) in [6.07, 6.45) is 45.1. The second kappa shape index (κ2) is 42.6. The molecule has 0 amide bonds. The average Bonchev–Trinajstić information content (AvgIpc) is 3.18. The van der Waals surface area contributed by atoms with E-state index in [9.17, 15) is 19.0 Å². The number of likely N-dealkylation sites (N-methyl/N-ethyl adjacent to an activating group) is 1. The summed E-state index contributed by atoms with van der Waals surface area (Å²) in [6.45, 7) is 4.31. The van der Waals surface area contributed by atoms with Crippen LogP contribution in [0, 0.1) is 0 Å². The van der Waals surface area contributed by atoms with Gasteiger partial charge >= 0.3 is 19.8 Å². The molecule has 0 radical (unpaired) electrons. The van der Waals surface area contributed by atoms with Crippen LogP contribution in [0.5, 0.6) is 0 Å². The smallest absolute Gasteiger partial charge is 0.462 e. The molecular formula is C47H90NO8P. The fraction of sp³-hybridized carbons (Fsp3) is 0.872. The molecule has 57 heavy (non-hydrogen) atoms. The van der Waals surface area contributed by atoms with Crippen LogP contribution >= 0.6 is 7.82 Å². The summed E-state index contributed by atoms with van der Waals surface area (Å²) in [7, 11) is -0.711. The van der Waals surface area contributed by atoms with Crippen LogP contribution < -0.4 is 0 Å². The molecule has 10 heteroatoms. The predicted octanol–water partition coefficient (Wildman–Crippen LogP) is 13.8. The van der Waals surface area contributed by atoms with E-state index in [0.29, 0.717) is 13.0 Å². The number of rotatable bonds is 44. The number of ether oxygens (including phenoxy) is 2. The van der Waals surface area contributed by atoms with Gasteiger partial charge in [-0.2, -0.15) is 0 Å². The van der Waals surface area contributed by atoms with Gasteiger partial charge in [0.2, 0.25) is 0 Å². The summed E-state index contributed by atoms with van der Waals surface area (Å²) in [5, 5.41) is 0. The van der Waals surface area contributed by atoms with Crippen molar-refractivity contribution in [3.05, 3.63) is 24.3 Å². The maximum atomic E-state index is 12.6. The quantitative estimate of drug-likeness (QED) is 0.0278. The van der Waals surface area contributed by atoms with E-state index in [2.05, 4.69) is 38.2 Å². The topological polar surface area (TPSA) is 112 Å². The molecule has 0 saturated heterocycles. The highest BCUT2D eigenvalue weighted by Gasteiger charge is 2.26. The molecule has 0 aliphatic rings. The summed E-state index contributed by atoms with van der Waals surface area (Å²) in [5.74, 6) is -0.807. The number of carbonyl (C=O) groups is 2. The number of phosphoric acid groups is 1. The van der Waals surface area contributed by atoms with Gasteiger partial charge in [-0.1, -0.05) is 167 Å². The Morgan fingerprint density at radius 1 is 0.526 bits per heavy atom. The van der Waals surface area contributed by atoms with Gasteiger partial charge in [0.25, 0.3) is 0 Å². The lowest BCUT2D eigenvalue weighted by molar-refractivity contribution is -0.161. The number of allylic oxidation sites excluding steroid dienone is 4. The number of hydrogen-bond acceptors (Lipinski definition) is 8. The molecule has 0 fully saturated rings. The molecule has 0 aromatic rings. The molecule has 2 unspecified atom stereocenters. The second-order valence-electron chi connectivity index (χ2n) is 16.3. The molecule has 2 atom stereocenters. The summed E-state index contributed by atoms with van der Waals surface area (Å²) in [6, 6.07) is 0. The fourth-order valence-electron chi connectivity index (χ4n) is 6.56. The molecule has 0 heterocycles. The predicted molar refractivity (Wildman–Crippen MR) is 238 cm³/mol. The molecule has 0 aromatic heterocycles. The number of hydrogen-bond donors (Lipinski definition) is 1. The molecule has 0 spiro atoms. The van der Waals surface area contributed by atoms with Gasteiger partial charge in [0.15, 0.2) is 6.10 Å². The normalized spacial score (nSPS) is 13.5. The SMILES string of the molecule is CCCCCC/C=C\CCCCCCCC(=O)OC(COC(=O)CCCCCCCCCCCCC/C=C\CCCCCCCC)COP(=O)(O)OCCN(C)C. The Hall–Kier alpha value is -1.51. The van der Waals surface area contributed by atoms with Crippen molar-refractivity contribution in [1.82, 2.24) is 4.90 Å². The third-order valence-electron chi connectivity index (χ3n) is 10.2. The van der Waals surface area contributed by atoms with E-state index in [1.165, 1.54) is 135 Å². The molecular weight excluding hydrogens is 737 g/mol. The first-order valence-electron chi connectivity index (χ1n) is 23.6. The van der Waals surface area contributed by atoms with Gasteiger partial charge in [0.05, 0.1) is 13.2 Å². The molecule has 336 valence electrons. The first-order valence-corrected chi connectivity index (χ1v) is 25.1. The molecule has 9 nitrogen and oxygen atoms in total. The largest absolute Gasteiger partial charge is 0.472 e. The van der Waals surface area contributed by atoms with E-state index in [1.54, 1.807) is 0 Å². The van der Waals surface area contributed by atoms with Crippen molar-refractivity contribution in [2.75, 3.05) is 40.5 Å². The lowest BCUT2D eigenvalue weighted by Crippen LogP contribution is -2.29. The van der Waals surface area contributed by atoms with Crippen LogP contribution in [0.3, 0.4) is 0 Å². The number of esters is 2. The van der Waals surface area contributed by atoms with Gasteiger partial charge in [-0.25, -0.2) is 4.57 Å². The Labute approximate surface area is 351 Å². The van der Waals surface area contributed by atoms with E-state index in [4.69, 9.17) is 18.5 Å². The zero-order chi connectivity index (χ0) is 41.9. The highest BCUT2D eigenvalue weighted by atomic mass is 31.2. The maximum Gasteiger partial charge on any atom is 0.472 e. The van der Waals surface area contributed by atoms with Crippen molar-refractivity contribution in [2.24, 2.45) is 0 Å².